The molecule has 14 heavy (non-hydrogen) atoms. The van der Waals surface area contributed by atoms with E-state index in [2.05, 4.69) is 27.2 Å². The average Bonchev–Trinajstić information content (AvgIpc) is 2.16. The number of hydrogen-bond acceptors (Lipinski definition) is 5. The number of nitrogens with one attached hydrogen (secondary N) is 1. The number of likely N-dealkylation sites (N-methyl/N-ethyl adjacent to an activating group) is 1. The Morgan fingerprint density at radius 3 is 3.07 bits per heavy atom. The van der Waals surface area contributed by atoms with E-state index >= 15 is 0 Å². The molecule has 1 fully saturated rings. The van der Waals surface area contributed by atoms with Crippen LogP contribution in [-0.2, 0) is 0 Å². The van der Waals surface area contributed by atoms with Gasteiger partial charge in [0.25, 0.3) is 0 Å². The van der Waals surface area contributed by atoms with Crippen LogP contribution in [0.4, 0.5) is 5.82 Å². The molecular formula is C9H11N5. The van der Waals surface area contributed by atoms with Crippen LogP contribution in [0.1, 0.15) is 5.82 Å². The van der Waals surface area contributed by atoms with Gasteiger partial charge in [0.15, 0.2) is 0 Å². The number of likely N-dealkylation sites (tertiary alicyclic amines) is 1. The van der Waals surface area contributed by atoms with Gasteiger partial charge in [0.1, 0.15) is 11.9 Å². The van der Waals surface area contributed by atoms with Gasteiger partial charge in [-0.3, -0.25) is 0 Å². The summed E-state index contributed by atoms with van der Waals surface area (Å²) in [4.78, 5) is 10.0. The third-order valence-corrected chi connectivity index (χ3v) is 2.17. The lowest BCUT2D eigenvalue weighted by Crippen LogP contribution is -2.52. The lowest BCUT2D eigenvalue weighted by molar-refractivity contribution is 0.205. The number of anilines is 1. The molecule has 1 aromatic rings. The summed E-state index contributed by atoms with van der Waals surface area (Å²) < 4.78 is 0. The zero-order chi connectivity index (χ0) is 9.97. The maximum absolute atomic E-state index is 8.60. The van der Waals surface area contributed by atoms with Gasteiger partial charge in [-0.1, -0.05) is 0 Å². The molecule has 2 heterocycles. The number of nitriles is 1. The van der Waals surface area contributed by atoms with E-state index in [4.69, 9.17) is 5.26 Å². The average molecular weight is 189 g/mol. The Kier molecular flexibility index (Phi) is 2.29. The zero-order valence-corrected chi connectivity index (χ0v) is 7.94. The molecule has 5 heteroatoms. The minimum atomic E-state index is 0.211. The summed E-state index contributed by atoms with van der Waals surface area (Å²) in [6.45, 7) is 2.04. The minimum absolute atomic E-state index is 0.211. The maximum Gasteiger partial charge on any atom is 0.234 e. The van der Waals surface area contributed by atoms with Crippen LogP contribution in [0.5, 0.6) is 0 Å². The Labute approximate surface area is 82.4 Å². The quantitative estimate of drug-likeness (QED) is 0.713. The van der Waals surface area contributed by atoms with Crippen LogP contribution >= 0.6 is 0 Å². The van der Waals surface area contributed by atoms with Gasteiger partial charge in [0.05, 0.1) is 6.04 Å². The molecule has 1 N–H and O–H groups in total. The molecular weight excluding hydrogens is 178 g/mol. The number of nitrogens with zero attached hydrogens (tertiary/aromatic N) is 4. The summed E-state index contributed by atoms with van der Waals surface area (Å²) in [6, 6.07) is 4.14. The van der Waals surface area contributed by atoms with Gasteiger partial charge >= 0.3 is 0 Å². The molecule has 0 saturated carbocycles. The molecule has 0 amide bonds. The molecule has 2 rings (SSSR count). The second kappa shape index (κ2) is 3.60. The second-order valence-corrected chi connectivity index (χ2v) is 3.44. The summed E-state index contributed by atoms with van der Waals surface area (Å²) >= 11 is 0. The third-order valence-electron chi connectivity index (χ3n) is 2.17. The van der Waals surface area contributed by atoms with Crippen LogP contribution in [0.25, 0.3) is 0 Å². The van der Waals surface area contributed by atoms with E-state index < -0.39 is 0 Å². The molecule has 0 atom stereocenters. The van der Waals surface area contributed by atoms with Crippen molar-refractivity contribution >= 4 is 5.82 Å². The Bertz CT molecular complexity index is 364. The van der Waals surface area contributed by atoms with Gasteiger partial charge in [0.2, 0.25) is 5.82 Å². The first-order valence-corrected chi connectivity index (χ1v) is 4.46. The van der Waals surface area contributed by atoms with E-state index in [0.29, 0.717) is 6.04 Å². The summed E-state index contributed by atoms with van der Waals surface area (Å²) in [5.41, 5.74) is 0. The van der Waals surface area contributed by atoms with E-state index in [0.717, 1.165) is 18.9 Å². The minimum Gasteiger partial charge on any atom is -0.365 e. The standard InChI is InChI=1S/C9H11N5/c1-14-5-7(6-14)12-8-2-3-11-9(4-10)13-8/h2-3,7H,5-6H2,1H3,(H,11,12,13). The van der Waals surface area contributed by atoms with Crippen molar-refractivity contribution in [2.75, 3.05) is 25.5 Å². The molecule has 0 unspecified atom stereocenters. The Morgan fingerprint density at radius 1 is 1.64 bits per heavy atom. The van der Waals surface area contributed by atoms with E-state index in [9.17, 15) is 0 Å². The van der Waals surface area contributed by atoms with Crippen molar-refractivity contribution < 1.29 is 0 Å². The van der Waals surface area contributed by atoms with Crippen LogP contribution in [0, 0.1) is 11.3 Å². The summed E-state index contributed by atoms with van der Waals surface area (Å²) in [7, 11) is 2.07. The number of rotatable bonds is 2. The maximum atomic E-state index is 8.60. The van der Waals surface area contributed by atoms with Crippen molar-refractivity contribution in [3.63, 3.8) is 0 Å². The molecule has 0 aromatic carbocycles. The topological polar surface area (TPSA) is 64.8 Å². The molecule has 5 nitrogen and oxygen atoms in total. The molecule has 0 aliphatic carbocycles. The Hall–Kier alpha value is -1.67. The predicted octanol–water partition coefficient (Wildman–Crippen LogP) is 0.0742. The summed E-state index contributed by atoms with van der Waals surface area (Å²) in [6.07, 6.45) is 1.59. The highest BCUT2D eigenvalue weighted by molar-refractivity contribution is 5.37. The first kappa shape index (κ1) is 8.91. The highest BCUT2D eigenvalue weighted by Gasteiger charge is 2.22. The first-order valence-electron chi connectivity index (χ1n) is 4.46. The number of hydrogen-bond donors (Lipinski definition) is 1. The Morgan fingerprint density at radius 2 is 2.43 bits per heavy atom. The largest absolute Gasteiger partial charge is 0.365 e. The van der Waals surface area contributed by atoms with E-state index in [-0.39, 0.29) is 5.82 Å². The van der Waals surface area contributed by atoms with Crippen LogP contribution < -0.4 is 5.32 Å². The molecule has 1 aliphatic rings. The van der Waals surface area contributed by atoms with Gasteiger partial charge in [-0.25, -0.2) is 9.97 Å². The van der Waals surface area contributed by atoms with E-state index in [1.165, 1.54) is 0 Å². The summed E-state index contributed by atoms with van der Waals surface area (Å²) in [5, 5.41) is 11.8. The van der Waals surface area contributed by atoms with Gasteiger partial charge in [-0.05, 0) is 13.1 Å². The fraction of sp³-hybridized carbons (Fsp3) is 0.444. The normalized spacial score (nSPS) is 17.1. The highest BCUT2D eigenvalue weighted by atomic mass is 15.2. The van der Waals surface area contributed by atoms with E-state index in [1.54, 1.807) is 12.3 Å². The van der Waals surface area contributed by atoms with Gasteiger partial charge in [-0.15, -0.1) is 0 Å². The molecule has 0 radical (unpaired) electrons. The highest BCUT2D eigenvalue weighted by Crippen LogP contribution is 2.10. The Balaban J connectivity index is 2.00. The lowest BCUT2D eigenvalue weighted by atomic mass is 10.1. The third kappa shape index (κ3) is 1.80. The van der Waals surface area contributed by atoms with Crippen LogP contribution in [0.3, 0.4) is 0 Å². The molecule has 1 saturated heterocycles. The van der Waals surface area contributed by atoms with Crippen molar-refractivity contribution in [2.45, 2.75) is 6.04 Å². The van der Waals surface area contributed by atoms with E-state index in [1.807, 2.05) is 6.07 Å². The molecule has 1 aliphatic heterocycles. The summed E-state index contributed by atoms with van der Waals surface area (Å²) in [5.74, 6) is 0.942. The first-order chi connectivity index (χ1) is 6.78. The van der Waals surface area contributed by atoms with Crippen LogP contribution in [-0.4, -0.2) is 41.0 Å². The molecule has 72 valence electrons. The van der Waals surface area contributed by atoms with Crippen molar-refractivity contribution in [3.05, 3.63) is 18.1 Å². The van der Waals surface area contributed by atoms with Gasteiger partial charge in [-0.2, -0.15) is 5.26 Å². The smallest absolute Gasteiger partial charge is 0.234 e. The van der Waals surface area contributed by atoms with Crippen molar-refractivity contribution in [1.82, 2.24) is 14.9 Å². The van der Waals surface area contributed by atoms with Crippen LogP contribution in [0.2, 0.25) is 0 Å². The van der Waals surface area contributed by atoms with Crippen molar-refractivity contribution in [3.8, 4) is 6.07 Å². The van der Waals surface area contributed by atoms with Gasteiger partial charge in [0, 0.05) is 19.3 Å². The molecule has 1 aromatic heterocycles. The molecule has 0 bridgehead atoms. The molecule has 0 spiro atoms. The SMILES string of the molecule is CN1CC(Nc2ccnc(C#N)n2)C1. The monoisotopic (exact) mass is 189 g/mol. The van der Waals surface area contributed by atoms with Crippen molar-refractivity contribution in [1.29, 1.82) is 5.26 Å². The second-order valence-electron chi connectivity index (χ2n) is 3.44. The predicted molar refractivity (Wildman–Crippen MR) is 51.7 cm³/mol. The fourth-order valence-corrected chi connectivity index (χ4v) is 1.49. The zero-order valence-electron chi connectivity index (χ0n) is 7.94. The number of aromatic nitrogens is 2. The lowest BCUT2D eigenvalue weighted by Gasteiger charge is -2.36. The van der Waals surface area contributed by atoms with Gasteiger partial charge < -0.3 is 10.2 Å². The fourth-order valence-electron chi connectivity index (χ4n) is 1.49. The van der Waals surface area contributed by atoms with Crippen molar-refractivity contribution in [2.24, 2.45) is 0 Å². The van der Waals surface area contributed by atoms with Crippen LogP contribution in [0.15, 0.2) is 12.3 Å².